The summed E-state index contributed by atoms with van der Waals surface area (Å²) >= 11 is 2.99. The normalized spacial score (nSPS) is 10.2. The Bertz CT molecular complexity index is 473. The first-order valence-electron chi connectivity index (χ1n) is 3.93. The summed E-state index contributed by atoms with van der Waals surface area (Å²) < 4.78 is 24.9. The third-order valence-corrected chi connectivity index (χ3v) is 2.37. The number of nitro groups is 1. The van der Waals surface area contributed by atoms with Gasteiger partial charge < -0.3 is 0 Å². The van der Waals surface area contributed by atoms with Crippen molar-refractivity contribution < 1.29 is 13.7 Å². The van der Waals surface area contributed by atoms with E-state index in [9.17, 15) is 18.9 Å². The van der Waals surface area contributed by atoms with Gasteiger partial charge in [0, 0.05) is 17.0 Å². The Morgan fingerprint density at radius 2 is 2.31 bits per heavy atom. The molecule has 1 heterocycles. The first-order valence-corrected chi connectivity index (χ1v) is 5.05. The van der Waals surface area contributed by atoms with Gasteiger partial charge in [-0.1, -0.05) is 15.9 Å². The van der Waals surface area contributed by atoms with Crippen molar-refractivity contribution in [2.24, 2.45) is 0 Å². The summed E-state index contributed by atoms with van der Waals surface area (Å²) in [5.74, 6) is 0. The Kier molecular flexibility index (Phi) is 3.84. The highest BCUT2D eigenvalue weighted by atomic mass is 79.9. The lowest BCUT2D eigenvalue weighted by Crippen LogP contribution is -2.03. The Balaban J connectivity index is 3.49. The van der Waals surface area contributed by atoms with Crippen LogP contribution >= 0.6 is 15.9 Å². The number of pyridine rings is 1. The fraction of sp³-hybridized carbons (Fsp3) is 0.250. The topological polar surface area (TPSA) is 79.8 Å². The van der Waals surface area contributed by atoms with Gasteiger partial charge in [-0.25, -0.2) is 13.8 Å². The average Bonchev–Trinajstić information content (AvgIpc) is 2.26. The van der Waals surface area contributed by atoms with E-state index in [2.05, 4.69) is 20.9 Å². The van der Waals surface area contributed by atoms with E-state index in [1.165, 1.54) is 0 Å². The van der Waals surface area contributed by atoms with E-state index >= 15 is 0 Å². The molecular weight excluding hydrogens is 288 g/mol. The van der Waals surface area contributed by atoms with Gasteiger partial charge in [0.15, 0.2) is 5.69 Å². The molecule has 0 saturated heterocycles. The van der Waals surface area contributed by atoms with Gasteiger partial charge >= 0.3 is 0 Å². The molecule has 0 saturated carbocycles. The standard InChI is InChI=1S/C8H4BrF2N3O2/c9-2-4-1-6(14(15)16)7(8(10)11)13-5(4)3-12/h1,8H,2H2. The zero-order chi connectivity index (χ0) is 12.3. The van der Waals surface area contributed by atoms with Gasteiger partial charge in [-0.3, -0.25) is 10.1 Å². The highest BCUT2D eigenvalue weighted by Gasteiger charge is 2.26. The van der Waals surface area contributed by atoms with Crippen LogP contribution in [0.2, 0.25) is 0 Å². The van der Waals surface area contributed by atoms with Crippen LogP contribution < -0.4 is 0 Å². The van der Waals surface area contributed by atoms with Crippen molar-refractivity contribution in [1.29, 1.82) is 5.26 Å². The Morgan fingerprint density at radius 1 is 1.69 bits per heavy atom. The fourth-order valence-electron chi connectivity index (χ4n) is 1.06. The second-order valence-corrected chi connectivity index (χ2v) is 3.26. The number of aromatic nitrogens is 1. The molecule has 0 spiro atoms. The Hall–Kier alpha value is -1.62. The van der Waals surface area contributed by atoms with Gasteiger partial charge in [0.1, 0.15) is 11.8 Å². The van der Waals surface area contributed by atoms with Gasteiger partial charge in [0.05, 0.1) is 4.92 Å². The van der Waals surface area contributed by atoms with E-state index in [0.29, 0.717) is 0 Å². The van der Waals surface area contributed by atoms with E-state index < -0.39 is 22.7 Å². The van der Waals surface area contributed by atoms with E-state index in [-0.39, 0.29) is 16.6 Å². The molecule has 1 aromatic heterocycles. The fourth-order valence-corrected chi connectivity index (χ4v) is 1.49. The molecular formula is C8H4BrF2N3O2. The molecule has 1 rings (SSSR count). The number of hydrogen-bond donors (Lipinski definition) is 0. The summed E-state index contributed by atoms with van der Waals surface area (Å²) in [5.41, 5.74) is -1.79. The predicted octanol–water partition coefficient (Wildman–Crippen LogP) is 2.69. The number of nitrogens with zero attached hydrogens (tertiary/aromatic N) is 3. The molecule has 1 aromatic rings. The third-order valence-electron chi connectivity index (χ3n) is 1.76. The lowest BCUT2D eigenvalue weighted by Gasteiger charge is -2.04. The number of alkyl halides is 3. The van der Waals surface area contributed by atoms with Crippen molar-refractivity contribution in [3.63, 3.8) is 0 Å². The van der Waals surface area contributed by atoms with Crippen LogP contribution in [0.5, 0.6) is 0 Å². The zero-order valence-corrected chi connectivity index (χ0v) is 9.24. The quantitative estimate of drug-likeness (QED) is 0.487. The minimum Gasteiger partial charge on any atom is -0.258 e. The van der Waals surface area contributed by atoms with Crippen LogP contribution in [-0.4, -0.2) is 9.91 Å². The highest BCUT2D eigenvalue weighted by molar-refractivity contribution is 9.08. The van der Waals surface area contributed by atoms with Crippen LogP contribution in [0.25, 0.3) is 0 Å². The van der Waals surface area contributed by atoms with Crippen molar-refractivity contribution >= 4 is 21.6 Å². The maximum absolute atomic E-state index is 12.5. The molecule has 0 atom stereocenters. The lowest BCUT2D eigenvalue weighted by atomic mass is 10.2. The molecule has 16 heavy (non-hydrogen) atoms. The van der Waals surface area contributed by atoms with Gasteiger partial charge in [0.2, 0.25) is 0 Å². The number of rotatable bonds is 3. The summed E-state index contributed by atoms with van der Waals surface area (Å²) in [7, 11) is 0. The van der Waals surface area contributed by atoms with Crippen molar-refractivity contribution in [3.8, 4) is 6.07 Å². The van der Waals surface area contributed by atoms with Gasteiger partial charge in [-0.2, -0.15) is 5.26 Å². The SMILES string of the molecule is N#Cc1nc(C(F)F)c([N+](=O)[O-])cc1CBr. The highest BCUT2D eigenvalue weighted by Crippen LogP contribution is 2.29. The molecule has 8 heteroatoms. The second kappa shape index (κ2) is 4.94. The molecule has 0 radical (unpaired) electrons. The van der Waals surface area contributed by atoms with Gasteiger partial charge in [-0.15, -0.1) is 0 Å². The van der Waals surface area contributed by atoms with E-state index in [1.807, 2.05) is 0 Å². The molecule has 0 bridgehead atoms. The molecule has 0 fully saturated rings. The van der Waals surface area contributed by atoms with Crippen LogP contribution in [0.1, 0.15) is 23.4 Å². The maximum atomic E-state index is 12.5. The molecule has 5 nitrogen and oxygen atoms in total. The first-order chi connectivity index (χ1) is 7.51. The molecule has 0 amide bonds. The molecule has 0 N–H and O–H groups in total. The Labute approximate surface area is 97.0 Å². The van der Waals surface area contributed by atoms with E-state index in [1.54, 1.807) is 6.07 Å². The number of nitriles is 1. The largest absolute Gasteiger partial charge is 0.297 e. The lowest BCUT2D eigenvalue weighted by molar-refractivity contribution is -0.386. The van der Waals surface area contributed by atoms with Crippen LogP contribution in [0.3, 0.4) is 0 Å². The molecule has 0 aliphatic carbocycles. The zero-order valence-electron chi connectivity index (χ0n) is 7.65. The van der Waals surface area contributed by atoms with Crippen molar-refractivity contribution in [1.82, 2.24) is 4.98 Å². The maximum Gasteiger partial charge on any atom is 0.297 e. The van der Waals surface area contributed by atoms with Gasteiger partial charge in [-0.05, 0) is 0 Å². The van der Waals surface area contributed by atoms with Crippen LogP contribution in [-0.2, 0) is 5.33 Å². The van der Waals surface area contributed by atoms with Crippen LogP contribution in [0, 0.1) is 21.4 Å². The van der Waals surface area contributed by atoms with Crippen molar-refractivity contribution in [2.45, 2.75) is 11.8 Å². The van der Waals surface area contributed by atoms with Gasteiger partial charge in [0.25, 0.3) is 12.1 Å². The predicted molar refractivity (Wildman–Crippen MR) is 53.2 cm³/mol. The Morgan fingerprint density at radius 3 is 2.69 bits per heavy atom. The summed E-state index contributed by atoms with van der Waals surface area (Å²) in [4.78, 5) is 12.9. The smallest absolute Gasteiger partial charge is 0.258 e. The number of halogens is 3. The monoisotopic (exact) mass is 291 g/mol. The van der Waals surface area contributed by atoms with Crippen molar-refractivity contribution in [2.75, 3.05) is 0 Å². The number of hydrogen-bond acceptors (Lipinski definition) is 4. The average molecular weight is 292 g/mol. The minimum atomic E-state index is -3.09. The van der Waals surface area contributed by atoms with E-state index in [4.69, 9.17) is 5.26 Å². The molecule has 84 valence electrons. The van der Waals surface area contributed by atoms with Crippen molar-refractivity contribution in [3.05, 3.63) is 33.1 Å². The summed E-state index contributed by atoms with van der Waals surface area (Å²) in [6.45, 7) is 0. The molecule has 0 aromatic carbocycles. The van der Waals surface area contributed by atoms with E-state index in [0.717, 1.165) is 6.07 Å². The molecule has 0 aliphatic rings. The summed E-state index contributed by atoms with van der Waals surface area (Å²) in [6, 6.07) is 2.54. The molecule has 0 aliphatic heterocycles. The van der Waals surface area contributed by atoms with Crippen LogP contribution in [0.15, 0.2) is 6.07 Å². The molecule has 0 unspecified atom stereocenters. The second-order valence-electron chi connectivity index (χ2n) is 2.70. The first kappa shape index (κ1) is 12.4. The minimum absolute atomic E-state index is 0.132. The summed E-state index contributed by atoms with van der Waals surface area (Å²) in [6.07, 6.45) is -3.09. The third kappa shape index (κ3) is 2.30. The van der Waals surface area contributed by atoms with Crippen LogP contribution in [0.4, 0.5) is 14.5 Å². The summed E-state index contributed by atoms with van der Waals surface area (Å²) in [5, 5.41) is 19.3.